The largest absolute Gasteiger partial charge is 0.343 e. The summed E-state index contributed by atoms with van der Waals surface area (Å²) in [6.45, 7) is 2.43. The van der Waals surface area contributed by atoms with Gasteiger partial charge in [-0.1, -0.05) is 12.1 Å². The van der Waals surface area contributed by atoms with Gasteiger partial charge in [-0.2, -0.15) is 8.42 Å². The van der Waals surface area contributed by atoms with E-state index in [1.165, 1.54) is 18.2 Å². The molecule has 0 bridgehead atoms. The van der Waals surface area contributed by atoms with Crippen molar-refractivity contribution >= 4 is 37.7 Å². The number of benzene rings is 1. The fraction of sp³-hybridized carbons (Fsp3) is 0.154. The van der Waals surface area contributed by atoms with Gasteiger partial charge in [-0.05, 0) is 41.1 Å². The van der Waals surface area contributed by atoms with E-state index in [1.807, 2.05) is 6.92 Å². The van der Waals surface area contributed by atoms with Crippen LogP contribution in [0.1, 0.15) is 17.4 Å². The average Bonchev–Trinajstić information content (AvgIpc) is 2.79. The summed E-state index contributed by atoms with van der Waals surface area (Å²) in [5, 5.41) is 2.42. The highest BCUT2D eigenvalue weighted by atomic mass is 79.9. The second-order valence-electron chi connectivity index (χ2n) is 4.22. The van der Waals surface area contributed by atoms with Crippen molar-refractivity contribution in [3.63, 3.8) is 0 Å². The first-order valence-corrected chi connectivity index (χ1v) is 8.21. The monoisotopic (exact) mass is 374 g/mol. The molecule has 0 aliphatic heterocycles. The van der Waals surface area contributed by atoms with E-state index in [0.717, 1.165) is 10.5 Å². The van der Waals surface area contributed by atoms with Crippen molar-refractivity contribution < 1.29 is 17.1 Å². The Morgan fingerprint density at radius 1 is 1.38 bits per heavy atom. The lowest BCUT2D eigenvalue weighted by Gasteiger charge is -2.09. The summed E-state index contributed by atoms with van der Waals surface area (Å²) in [5.74, 6) is -0.515. The fourth-order valence-corrected chi connectivity index (χ4v) is 2.98. The minimum Gasteiger partial charge on any atom is -0.343 e. The molecule has 1 heterocycles. The summed E-state index contributed by atoms with van der Waals surface area (Å²) < 4.78 is 37.7. The molecule has 0 fully saturated rings. The zero-order valence-electron chi connectivity index (χ0n) is 11.0. The molecule has 21 heavy (non-hydrogen) atoms. The third kappa shape index (κ3) is 3.51. The Morgan fingerprint density at radius 2 is 2.05 bits per heavy atom. The first-order chi connectivity index (χ1) is 9.82. The van der Waals surface area contributed by atoms with E-state index in [0.29, 0.717) is 12.2 Å². The molecule has 1 amide bonds. The van der Waals surface area contributed by atoms with E-state index < -0.39 is 21.0 Å². The number of anilines is 1. The SMILES string of the molecule is CCn1cc(Br)cc1C(=O)Nc1ccccc1S(=O)(=O)F. The summed E-state index contributed by atoms with van der Waals surface area (Å²) in [6, 6.07) is 6.93. The van der Waals surface area contributed by atoms with Crippen LogP contribution in [-0.4, -0.2) is 18.9 Å². The van der Waals surface area contributed by atoms with Crippen LogP contribution in [0.25, 0.3) is 0 Å². The number of rotatable bonds is 4. The van der Waals surface area contributed by atoms with Crippen molar-refractivity contribution in [3.8, 4) is 0 Å². The Bertz CT molecular complexity index is 786. The number of carbonyl (C=O) groups excluding carboxylic acids is 1. The molecular formula is C13H12BrFN2O3S. The Morgan fingerprint density at radius 3 is 2.67 bits per heavy atom. The molecular weight excluding hydrogens is 363 g/mol. The number of nitrogens with zero attached hydrogens (tertiary/aromatic N) is 1. The van der Waals surface area contributed by atoms with Crippen LogP contribution in [0, 0.1) is 0 Å². The van der Waals surface area contributed by atoms with Gasteiger partial charge in [0.1, 0.15) is 10.6 Å². The summed E-state index contributed by atoms with van der Waals surface area (Å²) in [4.78, 5) is 11.7. The molecule has 8 heteroatoms. The molecule has 2 rings (SSSR count). The molecule has 1 aromatic heterocycles. The number of aryl methyl sites for hydroxylation is 1. The maximum atomic E-state index is 13.2. The average molecular weight is 375 g/mol. The number of aromatic nitrogens is 1. The van der Waals surface area contributed by atoms with Crippen LogP contribution in [0.2, 0.25) is 0 Å². The Kier molecular flexibility index (Phi) is 4.48. The van der Waals surface area contributed by atoms with Crippen LogP contribution in [0.5, 0.6) is 0 Å². The van der Waals surface area contributed by atoms with Gasteiger partial charge in [0.05, 0.1) is 5.69 Å². The van der Waals surface area contributed by atoms with Gasteiger partial charge < -0.3 is 9.88 Å². The predicted molar refractivity (Wildman–Crippen MR) is 80.5 cm³/mol. The van der Waals surface area contributed by atoms with Crippen LogP contribution < -0.4 is 5.32 Å². The van der Waals surface area contributed by atoms with E-state index in [4.69, 9.17) is 0 Å². The van der Waals surface area contributed by atoms with Gasteiger partial charge in [0, 0.05) is 17.2 Å². The molecule has 1 N–H and O–H groups in total. The van der Waals surface area contributed by atoms with Crippen LogP contribution in [0.3, 0.4) is 0 Å². The fourth-order valence-electron chi connectivity index (χ4n) is 1.90. The number of halogens is 2. The maximum Gasteiger partial charge on any atom is 0.334 e. The summed E-state index contributed by atoms with van der Waals surface area (Å²) in [7, 11) is -4.90. The predicted octanol–water partition coefficient (Wildman–Crippen LogP) is 3.18. The van der Waals surface area contributed by atoms with Crippen molar-refractivity contribution in [3.05, 3.63) is 46.7 Å². The molecule has 0 aliphatic carbocycles. The van der Waals surface area contributed by atoms with E-state index in [9.17, 15) is 17.1 Å². The van der Waals surface area contributed by atoms with Crippen LogP contribution in [0.4, 0.5) is 9.57 Å². The first kappa shape index (κ1) is 15.7. The molecule has 0 aliphatic rings. The van der Waals surface area contributed by atoms with Crippen LogP contribution >= 0.6 is 15.9 Å². The minimum absolute atomic E-state index is 0.0926. The number of hydrogen-bond acceptors (Lipinski definition) is 3. The summed E-state index contributed by atoms with van der Waals surface area (Å²) in [6.07, 6.45) is 1.73. The topological polar surface area (TPSA) is 68.2 Å². The highest BCUT2D eigenvalue weighted by Crippen LogP contribution is 2.24. The number of nitrogens with one attached hydrogen (secondary N) is 1. The second-order valence-corrected chi connectivity index (χ2v) is 6.45. The van der Waals surface area contributed by atoms with Crippen molar-refractivity contribution in [1.82, 2.24) is 4.57 Å². The lowest BCUT2D eigenvalue weighted by Crippen LogP contribution is -2.17. The highest BCUT2D eigenvalue weighted by Gasteiger charge is 2.20. The van der Waals surface area contributed by atoms with Gasteiger partial charge in [-0.15, -0.1) is 3.89 Å². The van der Waals surface area contributed by atoms with Crippen molar-refractivity contribution in [2.45, 2.75) is 18.4 Å². The van der Waals surface area contributed by atoms with Gasteiger partial charge in [0.15, 0.2) is 0 Å². The van der Waals surface area contributed by atoms with E-state index in [2.05, 4.69) is 21.2 Å². The Hall–Kier alpha value is -1.67. The van der Waals surface area contributed by atoms with Crippen molar-refractivity contribution in [2.75, 3.05) is 5.32 Å². The number of hydrogen-bond donors (Lipinski definition) is 1. The third-order valence-corrected chi connectivity index (χ3v) is 4.15. The van der Waals surface area contributed by atoms with Crippen molar-refractivity contribution in [2.24, 2.45) is 0 Å². The zero-order chi connectivity index (χ0) is 15.6. The molecule has 0 saturated carbocycles. The quantitative estimate of drug-likeness (QED) is 0.835. The van der Waals surface area contributed by atoms with Gasteiger partial charge in [-0.3, -0.25) is 4.79 Å². The molecule has 0 radical (unpaired) electrons. The molecule has 0 atom stereocenters. The first-order valence-electron chi connectivity index (χ1n) is 6.03. The Labute approximate surface area is 130 Å². The molecule has 0 spiro atoms. The standard InChI is InChI=1S/C13H12BrFN2O3S/c1-2-17-8-9(14)7-11(17)13(18)16-10-5-3-4-6-12(10)21(15,19)20/h3-8H,2H2,1H3,(H,16,18). The van der Waals surface area contributed by atoms with Crippen LogP contribution in [-0.2, 0) is 16.8 Å². The summed E-state index contributed by atoms with van der Waals surface area (Å²) >= 11 is 3.27. The third-order valence-electron chi connectivity index (χ3n) is 2.83. The molecule has 112 valence electrons. The van der Waals surface area contributed by atoms with E-state index >= 15 is 0 Å². The number of carbonyl (C=O) groups is 1. The van der Waals surface area contributed by atoms with Crippen molar-refractivity contribution in [1.29, 1.82) is 0 Å². The van der Waals surface area contributed by atoms with Gasteiger partial charge >= 0.3 is 10.2 Å². The smallest absolute Gasteiger partial charge is 0.334 e. The lowest BCUT2D eigenvalue weighted by atomic mass is 10.3. The molecule has 5 nitrogen and oxygen atoms in total. The number of para-hydroxylation sites is 1. The van der Waals surface area contributed by atoms with E-state index in [1.54, 1.807) is 16.8 Å². The maximum absolute atomic E-state index is 13.2. The zero-order valence-corrected chi connectivity index (χ0v) is 13.4. The molecule has 1 aromatic carbocycles. The number of amides is 1. The summed E-state index contributed by atoms with van der Waals surface area (Å²) in [5.41, 5.74) is 0.250. The molecule has 0 unspecified atom stereocenters. The van der Waals surface area contributed by atoms with Crippen LogP contribution in [0.15, 0.2) is 45.9 Å². The van der Waals surface area contributed by atoms with Gasteiger partial charge in [0.25, 0.3) is 5.91 Å². The van der Waals surface area contributed by atoms with Gasteiger partial charge in [-0.25, -0.2) is 0 Å². The highest BCUT2D eigenvalue weighted by molar-refractivity contribution is 9.10. The lowest BCUT2D eigenvalue weighted by molar-refractivity contribution is 0.101. The Balaban J connectivity index is 2.37. The normalized spacial score (nSPS) is 11.4. The van der Waals surface area contributed by atoms with Gasteiger partial charge in [0.2, 0.25) is 0 Å². The molecule has 0 saturated heterocycles. The van der Waals surface area contributed by atoms with E-state index in [-0.39, 0.29) is 5.69 Å². The minimum atomic E-state index is -4.90. The molecule has 2 aromatic rings. The second kappa shape index (κ2) is 5.98.